The molecular formula is C16H22N2S. The zero-order valence-corrected chi connectivity index (χ0v) is 12.5. The molecule has 0 aliphatic heterocycles. The summed E-state index contributed by atoms with van der Waals surface area (Å²) in [6, 6.07) is 9.00. The Bertz CT molecular complexity index is 479. The Morgan fingerprint density at radius 1 is 1.32 bits per heavy atom. The molecule has 2 aromatic heterocycles. The van der Waals surface area contributed by atoms with E-state index in [0.29, 0.717) is 6.04 Å². The molecule has 2 heterocycles. The predicted molar refractivity (Wildman–Crippen MR) is 82.6 cm³/mol. The molecule has 0 bridgehead atoms. The van der Waals surface area contributed by atoms with Crippen LogP contribution in [-0.4, -0.2) is 11.5 Å². The van der Waals surface area contributed by atoms with Crippen molar-refractivity contribution in [2.75, 3.05) is 6.54 Å². The van der Waals surface area contributed by atoms with Crippen LogP contribution in [0.25, 0.3) is 0 Å². The number of rotatable bonds is 7. The number of aromatic nitrogens is 1. The van der Waals surface area contributed by atoms with Crippen molar-refractivity contribution in [1.29, 1.82) is 0 Å². The van der Waals surface area contributed by atoms with Crippen molar-refractivity contribution in [2.45, 2.75) is 39.2 Å². The molecule has 0 aromatic carbocycles. The summed E-state index contributed by atoms with van der Waals surface area (Å²) in [5.74, 6) is 0. The molecule has 1 atom stereocenters. The van der Waals surface area contributed by atoms with Crippen molar-refractivity contribution >= 4 is 11.3 Å². The highest BCUT2D eigenvalue weighted by Gasteiger charge is 2.13. The Kier molecular flexibility index (Phi) is 5.55. The molecule has 3 heteroatoms. The summed E-state index contributed by atoms with van der Waals surface area (Å²) in [4.78, 5) is 5.88. The normalized spacial score (nSPS) is 12.5. The Hall–Kier alpha value is -1.19. The van der Waals surface area contributed by atoms with Crippen LogP contribution < -0.4 is 5.32 Å². The second-order valence-corrected chi connectivity index (χ2v) is 5.84. The second-order valence-electron chi connectivity index (χ2n) is 4.80. The molecule has 1 unspecified atom stereocenters. The van der Waals surface area contributed by atoms with Gasteiger partial charge in [0.25, 0.3) is 0 Å². The summed E-state index contributed by atoms with van der Waals surface area (Å²) < 4.78 is 0. The van der Waals surface area contributed by atoms with Crippen LogP contribution in [0.2, 0.25) is 0 Å². The van der Waals surface area contributed by atoms with Crippen molar-refractivity contribution in [3.05, 3.63) is 52.0 Å². The van der Waals surface area contributed by atoms with Gasteiger partial charge < -0.3 is 5.32 Å². The fourth-order valence-corrected chi connectivity index (χ4v) is 3.02. The summed E-state index contributed by atoms with van der Waals surface area (Å²) >= 11 is 1.84. The summed E-state index contributed by atoms with van der Waals surface area (Å²) in [5, 5.41) is 5.81. The van der Waals surface area contributed by atoms with Gasteiger partial charge in [-0.3, -0.25) is 4.98 Å². The molecule has 0 amide bonds. The van der Waals surface area contributed by atoms with Crippen LogP contribution in [0.5, 0.6) is 0 Å². The van der Waals surface area contributed by atoms with Crippen molar-refractivity contribution in [3.8, 4) is 0 Å². The zero-order valence-electron chi connectivity index (χ0n) is 11.7. The fourth-order valence-electron chi connectivity index (χ4n) is 2.29. The summed E-state index contributed by atoms with van der Waals surface area (Å²) in [7, 11) is 0. The third-order valence-electron chi connectivity index (χ3n) is 3.32. The van der Waals surface area contributed by atoms with Gasteiger partial charge in [-0.25, -0.2) is 0 Å². The topological polar surface area (TPSA) is 24.9 Å². The number of aryl methyl sites for hydroxylation is 2. The van der Waals surface area contributed by atoms with Crippen molar-refractivity contribution in [2.24, 2.45) is 0 Å². The van der Waals surface area contributed by atoms with Crippen LogP contribution in [0.15, 0.2) is 35.8 Å². The molecule has 0 saturated heterocycles. The van der Waals surface area contributed by atoms with Crippen LogP contribution in [0, 0.1) is 6.92 Å². The van der Waals surface area contributed by atoms with E-state index in [1.807, 2.05) is 23.6 Å². The maximum Gasteiger partial charge on any atom is 0.0420 e. The molecule has 2 rings (SSSR count). The minimum Gasteiger partial charge on any atom is -0.310 e. The van der Waals surface area contributed by atoms with Gasteiger partial charge in [0.1, 0.15) is 0 Å². The Labute approximate surface area is 119 Å². The Morgan fingerprint density at radius 3 is 2.89 bits per heavy atom. The average Bonchev–Trinajstić information content (AvgIpc) is 2.93. The number of nitrogens with zero attached hydrogens (tertiary/aromatic N) is 1. The first kappa shape index (κ1) is 14.2. The highest BCUT2D eigenvalue weighted by Crippen LogP contribution is 2.22. The van der Waals surface area contributed by atoms with Crippen molar-refractivity contribution in [1.82, 2.24) is 10.3 Å². The lowest BCUT2D eigenvalue weighted by molar-refractivity contribution is 0.497. The molecule has 19 heavy (non-hydrogen) atoms. The van der Waals surface area contributed by atoms with Crippen LogP contribution in [0.3, 0.4) is 0 Å². The van der Waals surface area contributed by atoms with E-state index in [4.69, 9.17) is 0 Å². The lowest BCUT2D eigenvalue weighted by atomic mass is 10.00. The first-order valence-electron chi connectivity index (χ1n) is 6.98. The quantitative estimate of drug-likeness (QED) is 0.821. The number of thiophene rings is 1. The molecule has 0 aliphatic carbocycles. The van der Waals surface area contributed by atoms with Crippen LogP contribution in [0.1, 0.15) is 41.9 Å². The van der Waals surface area contributed by atoms with E-state index in [2.05, 4.69) is 47.7 Å². The lowest BCUT2D eigenvalue weighted by Gasteiger charge is -2.20. The van der Waals surface area contributed by atoms with Gasteiger partial charge in [-0.05, 0) is 55.8 Å². The number of hydrogen-bond acceptors (Lipinski definition) is 3. The molecule has 2 nitrogen and oxygen atoms in total. The summed E-state index contributed by atoms with van der Waals surface area (Å²) in [5.41, 5.74) is 2.48. The van der Waals surface area contributed by atoms with Gasteiger partial charge in [-0.2, -0.15) is 0 Å². The minimum absolute atomic E-state index is 0.413. The smallest absolute Gasteiger partial charge is 0.0420 e. The number of nitrogens with one attached hydrogen (secondary N) is 1. The Balaban J connectivity index is 2.05. The molecule has 1 N–H and O–H groups in total. The molecule has 2 aromatic rings. The van der Waals surface area contributed by atoms with E-state index in [-0.39, 0.29) is 0 Å². The molecule has 0 radical (unpaired) electrons. The molecule has 0 spiro atoms. The summed E-state index contributed by atoms with van der Waals surface area (Å²) in [6.45, 7) is 5.37. The average molecular weight is 274 g/mol. The molecule has 0 aliphatic rings. The van der Waals surface area contributed by atoms with E-state index in [1.54, 1.807) is 0 Å². The van der Waals surface area contributed by atoms with Crippen molar-refractivity contribution < 1.29 is 0 Å². The molecule has 0 fully saturated rings. The Morgan fingerprint density at radius 2 is 2.21 bits per heavy atom. The first-order valence-corrected chi connectivity index (χ1v) is 7.86. The zero-order chi connectivity index (χ0) is 13.5. The minimum atomic E-state index is 0.413. The van der Waals surface area contributed by atoms with Gasteiger partial charge in [0, 0.05) is 22.8 Å². The van der Waals surface area contributed by atoms with Gasteiger partial charge in [-0.1, -0.05) is 19.1 Å². The highest BCUT2D eigenvalue weighted by atomic mass is 32.1. The van der Waals surface area contributed by atoms with Crippen LogP contribution >= 0.6 is 11.3 Å². The lowest BCUT2D eigenvalue weighted by Crippen LogP contribution is -2.23. The summed E-state index contributed by atoms with van der Waals surface area (Å²) in [6.07, 6.45) is 5.30. The first-order chi connectivity index (χ1) is 9.31. The van der Waals surface area contributed by atoms with E-state index >= 15 is 0 Å². The molecule has 0 saturated carbocycles. The predicted octanol–water partition coefficient (Wildman–Crippen LogP) is 4.13. The molecular weight excluding hydrogens is 252 g/mol. The van der Waals surface area contributed by atoms with Gasteiger partial charge in [0.05, 0.1) is 0 Å². The van der Waals surface area contributed by atoms with Gasteiger partial charge in [-0.15, -0.1) is 11.3 Å². The monoisotopic (exact) mass is 274 g/mol. The highest BCUT2D eigenvalue weighted by molar-refractivity contribution is 7.09. The third-order valence-corrected chi connectivity index (χ3v) is 4.26. The van der Waals surface area contributed by atoms with Crippen LogP contribution in [-0.2, 0) is 6.42 Å². The van der Waals surface area contributed by atoms with E-state index in [1.165, 1.54) is 10.4 Å². The second kappa shape index (κ2) is 7.41. The molecule has 102 valence electrons. The van der Waals surface area contributed by atoms with E-state index in [0.717, 1.165) is 31.5 Å². The standard InChI is InChI=1S/C16H22N2S/c1-3-10-18-16(9-8-14-6-5-12-19-14)15-7-4-11-17-13(15)2/h4-7,11-12,16,18H,3,8-10H2,1-2H3. The van der Waals surface area contributed by atoms with Gasteiger partial charge >= 0.3 is 0 Å². The third kappa shape index (κ3) is 4.15. The van der Waals surface area contributed by atoms with Crippen LogP contribution in [0.4, 0.5) is 0 Å². The van der Waals surface area contributed by atoms with Gasteiger partial charge in [0.15, 0.2) is 0 Å². The fraction of sp³-hybridized carbons (Fsp3) is 0.438. The SMILES string of the molecule is CCCNC(CCc1cccs1)c1cccnc1C. The van der Waals surface area contributed by atoms with Crippen molar-refractivity contribution in [3.63, 3.8) is 0 Å². The largest absolute Gasteiger partial charge is 0.310 e. The van der Waals surface area contributed by atoms with E-state index < -0.39 is 0 Å². The number of pyridine rings is 1. The maximum absolute atomic E-state index is 4.42. The van der Waals surface area contributed by atoms with E-state index in [9.17, 15) is 0 Å². The maximum atomic E-state index is 4.42. The van der Waals surface area contributed by atoms with Gasteiger partial charge in [0.2, 0.25) is 0 Å². The number of hydrogen-bond donors (Lipinski definition) is 1.